The summed E-state index contributed by atoms with van der Waals surface area (Å²) in [6.07, 6.45) is 2.39. The molecule has 0 aliphatic heterocycles. The molecule has 2 rings (SSSR count). The second kappa shape index (κ2) is 3.44. The molecule has 1 heterocycles. The van der Waals surface area contributed by atoms with Crippen LogP contribution in [0.25, 0.3) is 0 Å². The van der Waals surface area contributed by atoms with Gasteiger partial charge in [-0.3, -0.25) is 4.68 Å². The van der Waals surface area contributed by atoms with Crippen LogP contribution in [0.5, 0.6) is 0 Å². The summed E-state index contributed by atoms with van der Waals surface area (Å²) in [6.45, 7) is 2.67. The average molecular weight is 194 g/mol. The fraction of sp³-hybridized carbons (Fsp3) is 0.600. The zero-order valence-corrected chi connectivity index (χ0v) is 8.49. The number of carbonyl (C=O) groups is 1. The highest BCUT2D eigenvalue weighted by atomic mass is 16.5. The van der Waals surface area contributed by atoms with Crippen LogP contribution in [0, 0.1) is 0 Å². The summed E-state index contributed by atoms with van der Waals surface area (Å²) in [7, 11) is 1.39. The number of nitrogens with zero attached hydrogens (tertiary/aromatic N) is 2. The van der Waals surface area contributed by atoms with E-state index >= 15 is 0 Å². The lowest BCUT2D eigenvalue weighted by Crippen LogP contribution is -2.10. The van der Waals surface area contributed by atoms with Gasteiger partial charge in [0.25, 0.3) is 0 Å². The number of esters is 1. The summed E-state index contributed by atoms with van der Waals surface area (Å²) in [5.41, 5.74) is 1.60. The van der Waals surface area contributed by atoms with E-state index in [1.807, 2.05) is 13.0 Å². The minimum Gasteiger partial charge on any atom is -0.464 e. The molecule has 0 spiro atoms. The number of carbonyl (C=O) groups excluding carboxylic acids is 1. The molecule has 1 aliphatic carbocycles. The molecule has 1 aromatic rings. The second-order valence-corrected chi connectivity index (χ2v) is 3.54. The Labute approximate surface area is 82.9 Å². The normalized spacial score (nSPS) is 15.6. The number of aromatic nitrogens is 2. The molecule has 0 bridgehead atoms. The van der Waals surface area contributed by atoms with E-state index in [0.29, 0.717) is 18.2 Å². The zero-order valence-electron chi connectivity index (χ0n) is 8.49. The number of hydrogen-bond donors (Lipinski definition) is 0. The van der Waals surface area contributed by atoms with Gasteiger partial charge in [-0.15, -0.1) is 0 Å². The minimum atomic E-state index is -0.300. The molecule has 0 radical (unpaired) electrons. The Morgan fingerprint density at radius 1 is 1.71 bits per heavy atom. The third-order valence-electron chi connectivity index (χ3n) is 2.49. The molecule has 1 fully saturated rings. The van der Waals surface area contributed by atoms with Gasteiger partial charge in [-0.2, -0.15) is 5.10 Å². The predicted octanol–water partition coefficient (Wildman–Crippen LogP) is 1.57. The molecule has 4 heteroatoms. The summed E-state index contributed by atoms with van der Waals surface area (Å²) < 4.78 is 6.40. The predicted molar refractivity (Wildman–Crippen MR) is 51.2 cm³/mol. The van der Waals surface area contributed by atoms with Crippen molar-refractivity contribution in [2.45, 2.75) is 32.2 Å². The SMILES string of the molecule is CCn1nc(C2CC2)cc1C(=O)OC. The fourth-order valence-electron chi connectivity index (χ4n) is 1.53. The Morgan fingerprint density at radius 3 is 2.93 bits per heavy atom. The Morgan fingerprint density at radius 2 is 2.43 bits per heavy atom. The Balaban J connectivity index is 2.31. The molecule has 1 saturated carbocycles. The molecule has 0 aromatic carbocycles. The summed E-state index contributed by atoms with van der Waals surface area (Å²) in [5.74, 6) is 0.275. The highest BCUT2D eigenvalue weighted by molar-refractivity contribution is 5.87. The smallest absolute Gasteiger partial charge is 0.356 e. The van der Waals surface area contributed by atoms with Gasteiger partial charge in [0.1, 0.15) is 5.69 Å². The van der Waals surface area contributed by atoms with E-state index in [1.54, 1.807) is 4.68 Å². The third-order valence-corrected chi connectivity index (χ3v) is 2.49. The van der Waals surface area contributed by atoms with Crippen LogP contribution in [-0.2, 0) is 11.3 Å². The summed E-state index contributed by atoms with van der Waals surface area (Å²) in [4.78, 5) is 11.4. The highest BCUT2D eigenvalue weighted by Crippen LogP contribution is 2.39. The van der Waals surface area contributed by atoms with Crippen molar-refractivity contribution in [3.8, 4) is 0 Å². The van der Waals surface area contributed by atoms with Gasteiger partial charge in [0.2, 0.25) is 0 Å². The van der Waals surface area contributed by atoms with Crippen LogP contribution in [0.3, 0.4) is 0 Å². The van der Waals surface area contributed by atoms with E-state index in [1.165, 1.54) is 20.0 Å². The van der Waals surface area contributed by atoms with E-state index in [4.69, 9.17) is 4.74 Å². The van der Waals surface area contributed by atoms with Gasteiger partial charge in [-0.05, 0) is 25.8 Å². The van der Waals surface area contributed by atoms with Gasteiger partial charge in [0, 0.05) is 12.5 Å². The topological polar surface area (TPSA) is 44.1 Å². The lowest BCUT2D eigenvalue weighted by atomic mass is 10.3. The van der Waals surface area contributed by atoms with Crippen molar-refractivity contribution in [3.63, 3.8) is 0 Å². The van der Waals surface area contributed by atoms with Crippen LogP contribution < -0.4 is 0 Å². The highest BCUT2D eigenvalue weighted by Gasteiger charge is 2.28. The van der Waals surface area contributed by atoms with E-state index in [-0.39, 0.29) is 5.97 Å². The van der Waals surface area contributed by atoms with Gasteiger partial charge >= 0.3 is 5.97 Å². The molecule has 0 N–H and O–H groups in total. The standard InChI is InChI=1S/C10H14N2O2/c1-3-12-9(10(13)14-2)6-8(11-12)7-4-5-7/h6-7H,3-5H2,1-2H3. The Bertz CT molecular complexity index is 353. The van der Waals surface area contributed by atoms with E-state index < -0.39 is 0 Å². The lowest BCUT2D eigenvalue weighted by molar-refractivity contribution is 0.0587. The zero-order chi connectivity index (χ0) is 10.1. The van der Waals surface area contributed by atoms with Gasteiger partial charge in [-0.25, -0.2) is 4.79 Å². The maximum atomic E-state index is 11.4. The average Bonchev–Trinajstić information content (AvgIpc) is 2.97. The monoisotopic (exact) mass is 194 g/mol. The molecule has 0 saturated heterocycles. The Hall–Kier alpha value is -1.32. The first-order chi connectivity index (χ1) is 6.76. The third kappa shape index (κ3) is 1.52. The summed E-state index contributed by atoms with van der Waals surface area (Å²) in [6, 6.07) is 1.85. The molecule has 4 nitrogen and oxygen atoms in total. The number of ether oxygens (including phenoxy) is 1. The molecule has 1 aliphatic rings. The summed E-state index contributed by atoms with van der Waals surface area (Å²) >= 11 is 0. The van der Waals surface area contributed by atoms with Gasteiger partial charge in [0.15, 0.2) is 0 Å². The minimum absolute atomic E-state index is 0.300. The maximum Gasteiger partial charge on any atom is 0.356 e. The number of hydrogen-bond acceptors (Lipinski definition) is 3. The van der Waals surface area contributed by atoms with E-state index in [0.717, 1.165) is 5.69 Å². The van der Waals surface area contributed by atoms with E-state index in [9.17, 15) is 4.79 Å². The first-order valence-corrected chi connectivity index (χ1v) is 4.92. The van der Waals surface area contributed by atoms with Gasteiger partial charge in [0.05, 0.1) is 12.8 Å². The molecule has 76 valence electrons. The molecule has 14 heavy (non-hydrogen) atoms. The van der Waals surface area contributed by atoms with Crippen molar-refractivity contribution >= 4 is 5.97 Å². The van der Waals surface area contributed by atoms with Crippen LogP contribution >= 0.6 is 0 Å². The van der Waals surface area contributed by atoms with Crippen molar-refractivity contribution < 1.29 is 9.53 Å². The molecule has 0 amide bonds. The lowest BCUT2D eigenvalue weighted by Gasteiger charge is -2.00. The van der Waals surface area contributed by atoms with Crippen molar-refractivity contribution in [1.82, 2.24) is 9.78 Å². The van der Waals surface area contributed by atoms with Crippen LogP contribution in [0.15, 0.2) is 6.07 Å². The molecule has 0 atom stereocenters. The van der Waals surface area contributed by atoms with Crippen molar-refractivity contribution in [2.75, 3.05) is 7.11 Å². The Kier molecular flexibility index (Phi) is 2.27. The van der Waals surface area contributed by atoms with Crippen LogP contribution in [0.2, 0.25) is 0 Å². The first-order valence-electron chi connectivity index (χ1n) is 4.92. The van der Waals surface area contributed by atoms with Gasteiger partial charge < -0.3 is 4.74 Å². The fourth-order valence-corrected chi connectivity index (χ4v) is 1.53. The van der Waals surface area contributed by atoms with Crippen LogP contribution in [0.4, 0.5) is 0 Å². The molecule has 0 unspecified atom stereocenters. The first kappa shape index (κ1) is 9.24. The quantitative estimate of drug-likeness (QED) is 0.686. The molecular formula is C10H14N2O2. The number of rotatable bonds is 3. The molecule has 1 aromatic heterocycles. The number of methoxy groups -OCH3 is 1. The number of aryl methyl sites for hydroxylation is 1. The van der Waals surface area contributed by atoms with E-state index in [2.05, 4.69) is 5.10 Å². The van der Waals surface area contributed by atoms with Crippen LogP contribution in [0.1, 0.15) is 41.9 Å². The summed E-state index contributed by atoms with van der Waals surface area (Å²) in [5, 5.41) is 4.38. The largest absolute Gasteiger partial charge is 0.464 e. The maximum absolute atomic E-state index is 11.4. The van der Waals surface area contributed by atoms with Crippen molar-refractivity contribution in [3.05, 3.63) is 17.5 Å². The van der Waals surface area contributed by atoms with Crippen molar-refractivity contribution in [1.29, 1.82) is 0 Å². The van der Waals surface area contributed by atoms with Crippen LogP contribution in [-0.4, -0.2) is 22.9 Å². The second-order valence-electron chi connectivity index (χ2n) is 3.54. The molecular weight excluding hydrogens is 180 g/mol. The van der Waals surface area contributed by atoms with Gasteiger partial charge in [-0.1, -0.05) is 0 Å². The van der Waals surface area contributed by atoms with Crippen molar-refractivity contribution in [2.24, 2.45) is 0 Å².